The van der Waals surface area contributed by atoms with E-state index in [0.29, 0.717) is 19.7 Å². The smallest absolute Gasteiger partial charge is 0.214 e. The number of nitrogens with zero attached hydrogens (tertiary/aromatic N) is 3. The Hall–Kier alpha value is -0.920. The standard InChI is InChI=1S/C14H23N3O3S/c1-3-21(18,19)17-7-12(9-20-2)14-13(8-17)15-10-16(14)6-11-4-5-11/h10-12H,3-9H2,1-2H3/t12-/m0/s1. The van der Waals surface area contributed by atoms with Crippen LogP contribution in [-0.4, -0.2) is 48.3 Å². The Morgan fingerprint density at radius 1 is 1.43 bits per heavy atom. The number of hydrogen-bond acceptors (Lipinski definition) is 4. The van der Waals surface area contributed by atoms with Crippen molar-refractivity contribution in [2.75, 3.05) is 26.0 Å². The molecule has 1 aromatic heterocycles. The molecule has 0 aromatic carbocycles. The van der Waals surface area contributed by atoms with Crippen LogP contribution in [0.2, 0.25) is 0 Å². The Kier molecular flexibility index (Phi) is 4.07. The SMILES string of the molecule is CCS(=O)(=O)N1Cc2ncn(CC3CC3)c2[C@H](COC)C1. The molecule has 7 heteroatoms. The van der Waals surface area contributed by atoms with Gasteiger partial charge in [0, 0.05) is 31.8 Å². The van der Waals surface area contributed by atoms with E-state index in [0.717, 1.165) is 18.2 Å². The molecule has 118 valence electrons. The van der Waals surface area contributed by atoms with E-state index in [1.54, 1.807) is 18.3 Å². The largest absolute Gasteiger partial charge is 0.384 e. The summed E-state index contributed by atoms with van der Waals surface area (Å²) in [6.45, 7) is 4.10. The molecule has 0 saturated heterocycles. The third-order valence-electron chi connectivity index (χ3n) is 4.37. The molecule has 21 heavy (non-hydrogen) atoms. The maximum Gasteiger partial charge on any atom is 0.214 e. The molecular formula is C14H23N3O3S. The minimum absolute atomic E-state index is 0.0707. The van der Waals surface area contributed by atoms with Crippen molar-refractivity contribution in [3.63, 3.8) is 0 Å². The van der Waals surface area contributed by atoms with Gasteiger partial charge in [-0.2, -0.15) is 4.31 Å². The first-order valence-electron chi connectivity index (χ1n) is 7.55. The highest BCUT2D eigenvalue weighted by Crippen LogP contribution is 2.35. The molecule has 0 radical (unpaired) electrons. The molecule has 2 heterocycles. The Morgan fingerprint density at radius 3 is 2.81 bits per heavy atom. The average molecular weight is 313 g/mol. The second-order valence-corrected chi connectivity index (χ2v) is 8.28. The highest BCUT2D eigenvalue weighted by molar-refractivity contribution is 7.89. The first kappa shape index (κ1) is 15.0. The maximum atomic E-state index is 12.2. The van der Waals surface area contributed by atoms with Gasteiger partial charge in [-0.05, 0) is 25.7 Å². The maximum absolute atomic E-state index is 12.2. The van der Waals surface area contributed by atoms with Gasteiger partial charge in [0.2, 0.25) is 10.0 Å². The van der Waals surface area contributed by atoms with Gasteiger partial charge in [0.25, 0.3) is 0 Å². The van der Waals surface area contributed by atoms with Gasteiger partial charge in [0.05, 0.1) is 30.9 Å². The molecule has 1 aliphatic carbocycles. The number of methoxy groups -OCH3 is 1. The van der Waals surface area contributed by atoms with Crippen LogP contribution < -0.4 is 0 Å². The van der Waals surface area contributed by atoms with Crippen molar-refractivity contribution in [1.82, 2.24) is 13.9 Å². The number of imidazole rings is 1. The van der Waals surface area contributed by atoms with Crippen molar-refractivity contribution < 1.29 is 13.2 Å². The topological polar surface area (TPSA) is 64.4 Å². The lowest BCUT2D eigenvalue weighted by atomic mass is 10.0. The van der Waals surface area contributed by atoms with Gasteiger partial charge in [-0.25, -0.2) is 13.4 Å². The number of hydrogen-bond donors (Lipinski definition) is 0. The minimum atomic E-state index is -3.19. The van der Waals surface area contributed by atoms with E-state index < -0.39 is 10.0 Å². The monoisotopic (exact) mass is 313 g/mol. The first-order chi connectivity index (χ1) is 10.0. The zero-order valence-electron chi connectivity index (χ0n) is 12.7. The quantitative estimate of drug-likeness (QED) is 0.791. The summed E-state index contributed by atoms with van der Waals surface area (Å²) in [7, 11) is -1.53. The van der Waals surface area contributed by atoms with Gasteiger partial charge < -0.3 is 9.30 Å². The Bertz CT molecular complexity index is 607. The highest BCUT2D eigenvalue weighted by atomic mass is 32.2. The molecule has 1 atom stereocenters. The van der Waals surface area contributed by atoms with E-state index in [9.17, 15) is 8.42 Å². The van der Waals surface area contributed by atoms with E-state index in [-0.39, 0.29) is 11.7 Å². The van der Waals surface area contributed by atoms with Gasteiger partial charge >= 0.3 is 0 Å². The van der Waals surface area contributed by atoms with Crippen LogP contribution in [0.1, 0.15) is 37.1 Å². The molecule has 1 saturated carbocycles. The molecule has 0 N–H and O–H groups in total. The van der Waals surface area contributed by atoms with Crippen LogP contribution in [-0.2, 0) is 27.8 Å². The van der Waals surface area contributed by atoms with Crippen LogP contribution in [0.3, 0.4) is 0 Å². The molecule has 0 spiro atoms. The molecule has 0 unspecified atom stereocenters. The molecule has 1 aliphatic heterocycles. The van der Waals surface area contributed by atoms with Crippen molar-refractivity contribution in [3.8, 4) is 0 Å². The van der Waals surface area contributed by atoms with Crippen LogP contribution in [0.25, 0.3) is 0 Å². The van der Waals surface area contributed by atoms with Gasteiger partial charge in [0.15, 0.2) is 0 Å². The van der Waals surface area contributed by atoms with Gasteiger partial charge in [0.1, 0.15) is 0 Å². The van der Waals surface area contributed by atoms with Gasteiger partial charge in [-0.3, -0.25) is 0 Å². The molecule has 3 rings (SSSR count). The summed E-state index contributed by atoms with van der Waals surface area (Å²) in [5.74, 6) is 0.968. The summed E-state index contributed by atoms with van der Waals surface area (Å²) in [4.78, 5) is 4.47. The van der Waals surface area contributed by atoms with Crippen molar-refractivity contribution in [1.29, 1.82) is 0 Å². The summed E-state index contributed by atoms with van der Waals surface area (Å²) in [6, 6.07) is 0. The van der Waals surface area contributed by atoms with Gasteiger partial charge in [-0.1, -0.05) is 0 Å². The lowest BCUT2D eigenvalue weighted by Gasteiger charge is -2.32. The summed E-state index contributed by atoms with van der Waals surface area (Å²) < 4.78 is 33.4. The minimum Gasteiger partial charge on any atom is -0.384 e. The second-order valence-electron chi connectivity index (χ2n) is 6.02. The zero-order chi connectivity index (χ0) is 15.0. The van der Waals surface area contributed by atoms with E-state index in [2.05, 4.69) is 9.55 Å². The molecule has 0 amide bonds. The van der Waals surface area contributed by atoms with Crippen molar-refractivity contribution >= 4 is 10.0 Å². The summed E-state index contributed by atoms with van der Waals surface area (Å²) in [6.07, 6.45) is 4.45. The molecule has 6 nitrogen and oxygen atoms in total. The number of fused-ring (bicyclic) bond motifs is 1. The third-order valence-corrected chi connectivity index (χ3v) is 6.17. The zero-order valence-corrected chi connectivity index (χ0v) is 13.5. The van der Waals surface area contributed by atoms with Crippen molar-refractivity contribution in [3.05, 3.63) is 17.7 Å². The molecule has 1 fully saturated rings. The van der Waals surface area contributed by atoms with E-state index in [4.69, 9.17) is 4.74 Å². The molecule has 2 aliphatic rings. The van der Waals surface area contributed by atoms with Crippen LogP contribution in [0.4, 0.5) is 0 Å². The lowest BCUT2D eigenvalue weighted by molar-refractivity contribution is 0.159. The third kappa shape index (κ3) is 3.00. The Balaban J connectivity index is 1.90. The normalized spacial score (nSPS) is 23.2. The summed E-state index contributed by atoms with van der Waals surface area (Å²) in [5.41, 5.74) is 2.06. The van der Waals surface area contributed by atoms with Crippen molar-refractivity contribution in [2.24, 2.45) is 5.92 Å². The molecular weight excluding hydrogens is 290 g/mol. The summed E-state index contributed by atoms with van der Waals surface area (Å²) >= 11 is 0. The van der Waals surface area contributed by atoms with Crippen LogP contribution in [0, 0.1) is 5.92 Å². The predicted molar refractivity (Wildman–Crippen MR) is 79.4 cm³/mol. The lowest BCUT2D eigenvalue weighted by Crippen LogP contribution is -2.41. The van der Waals surface area contributed by atoms with Crippen molar-refractivity contribution in [2.45, 2.75) is 38.8 Å². The Labute approximate surface area is 126 Å². The Morgan fingerprint density at radius 2 is 2.19 bits per heavy atom. The fourth-order valence-corrected chi connectivity index (χ4v) is 4.13. The number of aromatic nitrogens is 2. The fraction of sp³-hybridized carbons (Fsp3) is 0.786. The highest BCUT2D eigenvalue weighted by Gasteiger charge is 2.35. The number of sulfonamides is 1. The second kappa shape index (κ2) is 5.70. The van der Waals surface area contributed by atoms with Gasteiger partial charge in [-0.15, -0.1) is 0 Å². The number of ether oxygens (including phenoxy) is 1. The molecule has 0 bridgehead atoms. The number of rotatable bonds is 6. The predicted octanol–water partition coefficient (Wildman–Crippen LogP) is 1.19. The van der Waals surface area contributed by atoms with E-state index in [1.807, 2.05) is 6.33 Å². The van der Waals surface area contributed by atoms with Crippen LogP contribution in [0.5, 0.6) is 0 Å². The fourth-order valence-electron chi connectivity index (χ4n) is 3.04. The molecule has 1 aromatic rings. The van der Waals surface area contributed by atoms with E-state index in [1.165, 1.54) is 18.5 Å². The van der Waals surface area contributed by atoms with E-state index >= 15 is 0 Å². The van der Waals surface area contributed by atoms with Crippen LogP contribution in [0.15, 0.2) is 6.33 Å². The first-order valence-corrected chi connectivity index (χ1v) is 9.16. The van der Waals surface area contributed by atoms with Crippen LogP contribution >= 0.6 is 0 Å². The average Bonchev–Trinajstić information content (AvgIpc) is 3.18. The summed E-state index contributed by atoms with van der Waals surface area (Å²) in [5, 5.41) is 0.